The van der Waals surface area contributed by atoms with Gasteiger partial charge in [-0.05, 0) is 32.4 Å². The molecule has 0 aliphatic carbocycles. The maximum Gasteiger partial charge on any atom is 0.261 e. The fourth-order valence-corrected chi connectivity index (χ4v) is 2.45. The van der Waals surface area contributed by atoms with Crippen molar-refractivity contribution in [2.75, 3.05) is 0 Å². The molecule has 2 N–H and O–H groups in total. The van der Waals surface area contributed by atoms with Crippen LogP contribution in [0.15, 0.2) is 12.3 Å². The van der Waals surface area contributed by atoms with Gasteiger partial charge in [-0.25, -0.2) is 0 Å². The average molecular weight is 249 g/mol. The van der Waals surface area contributed by atoms with E-state index in [1.807, 2.05) is 26.8 Å². The van der Waals surface area contributed by atoms with E-state index >= 15 is 0 Å². The fourth-order valence-electron chi connectivity index (χ4n) is 1.50. The minimum Gasteiger partial charge on any atom is -0.347 e. The number of aromatic amines is 1. The molecule has 0 radical (unpaired) electrons. The van der Waals surface area contributed by atoms with Crippen molar-refractivity contribution >= 4 is 17.2 Å². The van der Waals surface area contributed by atoms with Crippen LogP contribution in [0.2, 0.25) is 0 Å². The molecule has 0 unspecified atom stereocenters. The summed E-state index contributed by atoms with van der Waals surface area (Å²) >= 11 is 1.53. The summed E-state index contributed by atoms with van der Waals surface area (Å²) in [6, 6.07) is 1.93. The zero-order valence-electron chi connectivity index (χ0n) is 10.1. The molecule has 0 fully saturated rings. The average Bonchev–Trinajstić information content (AvgIpc) is 2.83. The number of carbonyl (C=O) groups excluding carboxylic acids is 1. The molecule has 0 atom stereocenters. The van der Waals surface area contributed by atoms with Gasteiger partial charge in [0.05, 0.1) is 11.1 Å². The van der Waals surface area contributed by atoms with Crippen molar-refractivity contribution in [3.63, 3.8) is 0 Å². The second-order valence-electron chi connectivity index (χ2n) is 4.05. The molecule has 0 aromatic carbocycles. The van der Waals surface area contributed by atoms with Crippen LogP contribution < -0.4 is 5.32 Å². The third kappa shape index (κ3) is 2.55. The van der Waals surface area contributed by atoms with E-state index in [1.54, 1.807) is 6.20 Å². The summed E-state index contributed by atoms with van der Waals surface area (Å²) in [6.07, 6.45) is 1.74. The van der Waals surface area contributed by atoms with E-state index in [9.17, 15) is 4.79 Å². The molecular formula is C12H15N3OS. The number of thiophene rings is 1. The molecule has 2 heterocycles. The predicted molar refractivity (Wildman–Crippen MR) is 68.3 cm³/mol. The Hall–Kier alpha value is -1.62. The predicted octanol–water partition coefficient (Wildman–Crippen LogP) is 2.33. The van der Waals surface area contributed by atoms with Crippen LogP contribution >= 0.6 is 11.3 Å². The van der Waals surface area contributed by atoms with Gasteiger partial charge in [0.15, 0.2) is 0 Å². The Morgan fingerprint density at radius 2 is 2.24 bits per heavy atom. The number of carbonyl (C=O) groups is 1. The number of aryl methyl sites for hydroxylation is 3. The van der Waals surface area contributed by atoms with Crippen LogP contribution in [-0.2, 0) is 6.54 Å². The molecule has 0 saturated heterocycles. The maximum absolute atomic E-state index is 11.9. The van der Waals surface area contributed by atoms with Crippen molar-refractivity contribution in [1.29, 1.82) is 0 Å². The molecule has 1 amide bonds. The molecule has 0 aliphatic heterocycles. The van der Waals surface area contributed by atoms with Gasteiger partial charge in [0, 0.05) is 22.7 Å². The zero-order chi connectivity index (χ0) is 12.4. The number of aromatic nitrogens is 2. The van der Waals surface area contributed by atoms with E-state index in [0.717, 1.165) is 16.1 Å². The van der Waals surface area contributed by atoms with Gasteiger partial charge in [-0.2, -0.15) is 5.10 Å². The molecule has 5 heteroatoms. The lowest BCUT2D eigenvalue weighted by Gasteiger charge is -2.01. The number of H-pyrrole nitrogens is 1. The summed E-state index contributed by atoms with van der Waals surface area (Å²) in [6.45, 7) is 6.49. The van der Waals surface area contributed by atoms with Gasteiger partial charge in [0.25, 0.3) is 5.91 Å². The van der Waals surface area contributed by atoms with Crippen LogP contribution in [0.5, 0.6) is 0 Å². The van der Waals surface area contributed by atoms with Crippen LogP contribution in [0.3, 0.4) is 0 Å². The van der Waals surface area contributed by atoms with Gasteiger partial charge in [0.1, 0.15) is 0 Å². The van der Waals surface area contributed by atoms with E-state index in [4.69, 9.17) is 0 Å². The van der Waals surface area contributed by atoms with Crippen molar-refractivity contribution in [3.8, 4) is 0 Å². The molecule has 2 aromatic rings. The number of nitrogens with one attached hydrogen (secondary N) is 2. The third-order valence-electron chi connectivity index (χ3n) is 2.76. The van der Waals surface area contributed by atoms with Crippen LogP contribution in [0, 0.1) is 20.8 Å². The van der Waals surface area contributed by atoms with E-state index in [-0.39, 0.29) is 5.91 Å². The van der Waals surface area contributed by atoms with Crippen LogP contribution in [0.4, 0.5) is 0 Å². The molecule has 2 rings (SSSR count). The third-order valence-corrected chi connectivity index (χ3v) is 3.91. The Morgan fingerprint density at radius 1 is 1.47 bits per heavy atom. The second-order valence-corrected chi connectivity index (χ2v) is 5.31. The van der Waals surface area contributed by atoms with Crippen molar-refractivity contribution in [1.82, 2.24) is 15.5 Å². The molecule has 0 spiro atoms. The quantitative estimate of drug-likeness (QED) is 0.877. The van der Waals surface area contributed by atoms with Crippen LogP contribution in [-0.4, -0.2) is 16.1 Å². The second kappa shape index (κ2) is 4.71. The zero-order valence-corrected chi connectivity index (χ0v) is 10.9. The van der Waals surface area contributed by atoms with Crippen molar-refractivity contribution < 1.29 is 4.79 Å². The van der Waals surface area contributed by atoms with Crippen molar-refractivity contribution in [3.05, 3.63) is 38.8 Å². The SMILES string of the molecule is Cc1cc(C(=O)NCc2cn[nH]c2C)sc1C. The monoisotopic (exact) mass is 249 g/mol. The van der Waals surface area contributed by atoms with E-state index in [1.165, 1.54) is 21.8 Å². The Balaban J connectivity index is 2.00. The summed E-state index contributed by atoms with van der Waals surface area (Å²) < 4.78 is 0. The van der Waals surface area contributed by atoms with Crippen molar-refractivity contribution in [2.24, 2.45) is 0 Å². The molecule has 4 nitrogen and oxygen atoms in total. The van der Waals surface area contributed by atoms with Gasteiger partial charge in [-0.15, -0.1) is 11.3 Å². The highest BCUT2D eigenvalue weighted by molar-refractivity contribution is 7.14. The molecule has 0 bridgehead atoms. The summed E-state index contributed by atoms with van der Waals surface area (Å²) in [7, 11) is 0. The molecular weight excluding hydrogens is 234 g/mol. The standard InChI is InChI=1S/C12H15N3OS/c1-7-4-11(17-9(7)3)12(16)13-5-10-6-14-15-8(10)2/h4,6H,5H2,1-3H3,(H,13,16)(H,14,15). The maximum atomic E-state index is 11.9. The first kappa shape index (κ1) is 11.9. The molecule has 17 heavy (non-hydrogen) atoms. The highest BCUT2D eigenvalue weighted by Gasteiger charge is 2.10. The van der Waals surface area contributed by atoms with Crippen LogP contribution in [0.25, 0.3) is 0 Å². The first-order chi connectivity index (χ1) is 8.08. The molecule has 2 aromatic heterocycles. The minimum absolute atomic E-state index is 0.0215. The van der Waals surface area contributed by atoms with Gasteiger partial charge >= 0.3 is 0 Å². The molecule has 0 saturated carbocycles. The Labute approximate surface area is 104 Å². The van der Waals surface area contributed by atoms with Gasteiger partial charge in [-0.3, -0.25) is 9.89 Å². The first-order valence-electron chi connectivity index (χ1n) is 5.42. The van der Waals surface area contributed by atoms with Gasteiger partial charge < -0.3 is 5.32 Å². The lowest BCUT2D eigenvalue weighted by Crippen LogP contribution is -2.21. The van der Waals surface area contributed by atoms with Crippen LogP contribution in [0.1, 0.15) is 31.4 Å². The lowest BCUT2D eigenvalue weighted by molar-refractivity contribution is 0.0955. The van der Waals surface area contributed by atoms with E-state index < -0.39 is 0 Å². The van der Waals surface area contributed by atoms with E-state index in [0.29, 0.717) is 6.54 Å². The van der Waals surface area contributed by atoms with Crippen molar-refractivity contribution in [2.45, 2.75) is 27.3 Å². The molecule has 90 valence electrons. The molecule has 0 aliphatic rings. The highest BCUT2D eigenvalue weighted by Crippen LogP contribution is 2.20. The number of nitrogens with zero attached hydrogens (tertiary/aromatic N) is 1. The smallest absolute Gasteiger partial charge is 0.261 e. The lowest BCUT2D eigenvalue weighted by atomic mass is 10.2. The van der Waals surface area contributed by atoms with Gasteiger partial charge in [-0.1, -0.05) is 0 Å². The Kier molecular flexibility index (Phi) is 3.28. The topological polar surface area (TPSA) is 57.8 Å². The number of rotatable bonds is 3. The summed E-state index contributed by atoms with van der Waals surface area (Å²) in [5, 5.41) is 9.66. The number of hydrogen-bond donors (Lipinski definition) is 2. The van der Waals surface area contributed by atoms with E-state index in [2.05, 4.69) is 15.5 Å². The summed E-state index contributed by atoms with van der Waals surface area (Å²) in [5.41, 5.74) is 3.17. The Morgan fingerprint density at radius 3 is 2.76 bits per heavy atom. The Bertz CT molecular complexity index is 522. The summed E-state index contributed by atoms with van der Waals surface area (Å²) in [5.74, 6) is -0.0215. The van der Waals surface area contributed by atoms with Gasteiger partial charge in [0.2, 0.25) is 0 Å². The normalized spacial score (nSPS) is 10.5. The minimum atomic E-state index is -0.0215. The largest absolute Gasteiger partial charge is 0.347 e. The number of hydrogen-bond acceptors (Lipinski definition) is 3. The first-order valence-corrected chi connectivity index (χ1v) is 6.23. The number of amides is 1. The summed E-state index contributed by atoms with van der Waals surface area (Å²) in [4.78, 5) is 13.8. The highest BCUT2D eigenvalue weighted by atomic mass is 32.1. The fraction of sp³-hybridized carbons (Fsp3) is 0.333.